The minimum absolute atomic E-state index is 0.00827. The minimum Gasteiger partial charge on any atom is -0.209 e. The summed E-state index contributed by atoms with van der Waals surface area (Å²) in [6.45, 7) is 0. The molecule has 0 aliphatic heterocycles. The Morgan fingerprint density at radius 1 is 1.16 bits per heavy atom. The van der Waals surface area contributed by atoms with Crippen LogP contribution in [0, 0.1) is 0 Å². The second kappa shape index (κ2) is 5.81. The van der Waals surface area contributed by atoms with Gasteiger partial charge in [0.05, 0.1) is 11.9 Å². The molecule has 0 saturated carbocycles. The van der Waals surface area contributed by atoms with Gasteiger partial charge in [-0.1, -0.05) is 41.4 Å². The fourth-order valence-electron chi connectivity index (χ4n) is 1.02. The van der Waals surface area contributed by atoms with Crippen LogP contribution in [0.1, 0.15) is 0 Å². The van der Waals surface area contributed by atoms with Crippen molar-refractivity contribution in [1.82, 2.24) is 0 Å². The largest absolute Gasteiger partial charge is 0.365 e. The number of sulfonamides is 1. The summed E-state index contributed by atoms with van der Waals surface area (Å²) in [5.74, 6) is 0. The Bertz CT molecular complexity index is 534. The maximum absolute atomic E-state index is 13.0. The van der Waals surface area contributed by atoms with Crippen LogP contribution in [-0.4, -0.2) is 23.7 Å². The molecule has 0 aromatic heterocycles. The Morgan fingerprint density at radius 3 is 2.00 bits per heavy atom. The number of halogens is 5. The summed E-state index contributed by atoms with van der Waals surface area (Å²) in [6.07, 6.45) is 0.837. The molecule has 3 nitrogen and oxygen atoms in total. The summed E-state index contributed by atoms with van der Waals surface area (Å²) in [6, 6.07) is 7.53. The number of nitrogens with zero attached hydrogens (tertiary/aromatic N) is 1. The minimum atomic E-state index is -4.02. The standard InChI is InChI=1S/C9H8Cl3F2NO2S2/c1-19(16,17)15(7-5-3-2-4-6-7)18-8(10,11)9(12,13)14/h2-6H,1H3. The zero-order valence-electron chi connectivity index (χ0n) is 9.36. The lowest BCUT2D eigenvalue weighted by Gasteiger charge is -2.29. The lowest BCUT2D eigenvalue weighted by Crippen LogP contribution is -2.36. The van der Waals surface area contributed by atoms with E-state index in [0.717, 1.165) is 6.26 Å². The van der Waals surface area contributed by atoms with Gasteiger partial charge in [-0.15, -0.1) is 0 Å². The van der Waals surface area contributed by atoms with E-state index in [4.69, 9.17) is 34.8 Å². The van der Waals surface area contributed by atoms with Crippen molar-refractivity contribution in [1.29, 1.82) is 0 Å². The van der Waals surface area contributed by atoms with E-state index in [9.17, 15) is 17.2 Å². The van der Waals surface area contributed by atoms with Crippen LogP contribution in [0.3, 0.4) is 0 Å². The molecule has 1 rings (SSSR count). The molecule has 0 atom stereocenters. The maximum Gasteiger partial charge on any atom is 0.365 e. The van der Waals surface area contributed by atoms with Crippen molar-refractivity contribution in [2.24, 2.45) is 0 Å². The molecule has 0 unspecified atom stereocenters. The molecule has 0 heterocycles. The van der Waals surface area contributed by atoms with Crippen molar-refractivity contribution >= 4 is 62.5 Å². The second-order valence-electron chi connectivity index (χ2n) is 3.43. The van der Waals surface area contributed by atoms with Crippen molar-refractivity contribution in [3.05, 3.63) is 30.3 Å². The van der Waals surface area contributed by atoms with E-state index in [0.29, 0.717) is 3.71 Å². The molecule has 0 aliphatic rings. The van der Waals surface area contributed by atoms with Gasteiger partial charge in [0.15, 0.2) is 0 Å². The number of hydrogen-bond donors (Lipinski definition) is 0. The highest BCUT2D eigenvalue weighted by Crippen LogP contribution is 2.52. The molecule has 0 radical (unpaired) electrons. The van der Waals surface area contributed by atoms with Crippen molar-refractivity contribution in [2.75, 3.05) is 9.97 Å². The highest BCUT2D eigenvalue weighted by Gasteiger charge is 2.53. The smallest absolute Gasteiger partial charge is 0.209 e. The van der Waals surface area contributed by atoms with Crippen molar-refractivity contribution < 1.29 is 17.2 Å². The Morgan fingerprint density at radius 2 is 1.63 bits per heavy atom. The first-order valence-electron chi connectivity index (χ1n) is 4.64. The Balaban J connectivity index is 3.17. The number of para-hydroxylation sites is 1. The number of rotatable bonds is 5. The maximum atomic E-state index is 13.0. The average molecular weight is 371 g/mol. The summed E-state index contributed by atoms with van der Waals surface area (Å²) >= 11 is 15.6. The van der Waals surface area contributed by atoms with Crippen LogP contribution in [-0.2, 0) is 10.0 Å². The fourth-order valence-corrected chi connectivity index (χ4v) is 3.70. The summed E-state index contributed by atoms with van der Waals surface area (Å²) in [5, 5.41) is -4.02. The van der Waals surface area contributed by atoms with Crippen molar-refractivity contribution in [3.8, 4) is 0 Å². The van der Waals surface area contributed by atoms with Crippen molar-refractivity contribution in [2.45, 2.75) is 9.05 Å². The van der Waals surface area contributed by atoms with Gasteiger partial charge in [0.25, 0.3) is 3.67 Å². The molecule has 1 aromatic carbocycles. The predicted octanol–water partition coefficient (Wildman–Crippen LogP) is 4.06. The van der Waals surface area contributed by atoms with Crippen LogP contribution in [0.5, 0.6) is 0 Å². The molecule has 0 spiro atoms. The van der Waals surface area contributed by atoms with Gasteiger partial charge in [-0.3, -0.25) is 0 Å². The molecule has 0 bridgehead atoms. The van der Waals surface area contributed by atoms with Gasteiger partial charge in [0, 0.05) is 11.9 Å². The van der Waals surface area contributed by atoms with E-state index in [1.165, 1.54) is 24.3 Å². The highest BCUT2D eigenvalue weighted by molar-refractivity contribution is 8.16. The molecule has 10 heteroatoms. The Kier molecular flexibility index (Phi) is 5.23. The van der Waals surface area contributed by atoms with Gasteiger partial charge in [-0.25, -0.2) is 12.1 Å². The molecule has 0 fully saturated rings. The normalized spacial score (nSPS) is 13.4. The molecule has 0 saturated heterocycles. The van der Waals surface area contributed by atoms with Crippen molar-refractivity contribution in [3.63, 3.8) is 0 Å². The predicted molar refractivity (Wildman–Crippen MR) is 76.6 cm³/mol. The third kappa shape index (κ3) is 4.53. The van der Waals surface area contributed by atoms with Gasteiger partial charge in [-0.05, 0) is 23.7 Å². The zero-order valence-corrected chi connectivity index (χ0v) is 13.3. The van der Waals surface area contributed by atoms with Gasteiger partial charge in [0.2, 0.25) is 10.0 Å². The molecule has 19 heavy (non-hydrogen) atoms. The van der Waals surface area contributed by atoms with E-state index in [2.05, 4.69) is 0 Å². The van der Waals surface area contributed by atoms with Gasteiger partial charge >= 0.3 is 5.38 Å². The molecular weight excluding hydrogens is 363 g/mol. The highest BCUT2D eigenvalue weighted by atomic mass is 35.5. The quantitative estimate of drug-likeness (QED) is 0.579. The van der Waals surface area contributed by atoms with E-state index in [-0.39, 0.29) is 17.6 Å². The number of anilines is 1. The molecule has 0 aliphatic carbocycles. The first kappa shape index (κ1) is 17.1. The van der Waals surface area contributed by atoms with E-state index < -0.39 is 19.1 Å². The van der Waals surface area contributed by atoms with Gasteiger partial charge in [0.1, 0.15) is 0 Å². The Labute approximate surface area is 129 Å². The van der Waals surface area contributed by atoms with Crippen LogP contribution < -0.4 is 3.71 Å². The van der Waals surface area contributed by atoms with E-state index in [1.54, 1.807) is 6.07 Å². The molecule has 0 amide bonds. The third-order valence-corrected chi connectivity index (χ3v) is 5.99. The summed E-state index contributed by atoms with van der Waals surface area (Å²) < 4.78 is 47.1. The fraction of sp³-hybridized carbons (Fsp3) is 0.333. The molecular formula is C9H8Cl3F2NO2S2. The SMILES string of the molecule is CS(=O)(=O)N(SC(Cl)(Cl)C(F)(F)Cl)c1ccccc1. The number of alkyl halides is 5. The summed E-state index contributed by atoms with van der Waals surface area (Å²) in [5.41, 5.74) is 0.126. The zero-order chi connectivity index (χ0) is 14.9. The number of hydrogen-bond acceptors (Lipinski definition) is 3. The van der Waals surface area contributed by atoms with Crippen LogP contribution >= 0.6 is 46.8 Å². The second-order valence-corrected chi connectivity index (χ2v) is 8.90. The van der Waals surface area contributed by atoms with Crippen LogP contribution in [0.25, 0.3) is 0 Å². The summed E-state index contributed by atoms with van der Waals surface area (Å²) in [7, 11) is -3.88. The van der Waals surface area contributed by atoms with Crippen LogP contribution in [0.2, 0.25) is 0 Å². The monoisotopic (exact) mass is 369 g/mol. The van der Waals surface area contributed by atoms with Gasteiger partial charge < -0.3 is 0 Å². The molecule has 1 aromatic rings. The lowest BCUT2D eigenvalue weighted by molar-refractivity contribution is 0.103. The topological polar surface area (TPSA) is 37.4 Å². The van der Waals surface area contributed by atoms with Crippen LogP contribution in [0.4, 0.5) is 14.5 Å². The lowest BCUT2D eigenvalue weighted by atomic mass is 10.3. The third-order valence-electron chi connectivity index (χ3n) is 1.80. The average Bonchev–Trinajstić information content (AvgIpc) is 2.24. The van der Waals surface area contributed by atoms with E-state index in [1.807, 2.05) is 0 Å². The Hall–Kier alpha value is 0.0500. The molecule has 0 N–H and O–H groups in total. The first-order chi connectivity index (χ1) is 8.45. The van der Waals surface area contributed by atoms with E-state index >= 15 is 0 Å². The van der Waals surface area contributed by atoms with Crippen LogP contribution in [0.15, 0.2) is 30.3 Å². The first-order valence-corrected chi connectivity index (χ1v) is 8.40. The van der Waals surface area contributed by atoms with Gasteiger partial charge in [-0.2, -0.15) is 8.78 Å². The molecule has 108 valence electrons. The number of benzene rings is 1. The summed E-state index contributed by atoms with van der Waals surface area (Å²) in [4.78, 5) is 0.